The number of aromatic nitrogens is 2. The Morgan fingerprint density at radius 3 is 2.69 bits per heavy atom. The van der Waals surface area contributed by atoms with Gasteiger partial charge in [-0.1, -0.05) is 5.16 Å². The van der Waals surface area contributed by atoms with E-state index in [1.807, 2.05) is 13.8 Å². The number of nitrogens with zero attached hydrogens (tertiary/aromatic N) is 3. The van der Waals surface area contributed by atoms with Crippen LogP contribution >= 0.6 is 0 Å². The number of fused-ring (bicyclic) bond motifs is 2. The van der Waals surface area contributed by atoms with Crippen molar-refractivity contribution >= 4 is 5.71 Å². The average Bonchev–Trinajstić information content (AvgIpc) is 2.77. The Kier molecular flexibility index (Phi) is 7.15. The van der Waals surface area contributed by atoms with Crippen molar-refractivity contribution in [2.24, 2.45) is 10.9 Å². The molecule has 174 valence electrons. The van der Waals surface area contributed by atoms with Crippen molar-refractivity contribution < 1.29 is 18.7 Å². The van der Waals surface area contributed by atoms with Gasteiger partial charge in [0.05, 0.1) is 31.0 Å². The highest BCUT2D eigenvalue weighted by atomic mass is 19.1. The molecule has 0 amide bonds. The Hall–Kier alpha value is -2.98. The Morgan fingerprint density at radius 2 is 2.03 bits per heavy atom. The van der Waals surface area contributed by atoms with Gasteiger partial charge in [0.1, 0.15) is 23.8 Å². The fraction of sp³-hybridized carbons (Fsp3) is 0.500. The van der Waals surface area contributed by atoms with Crippen LogP contribution in [-0.4, -0.2) is 40.2 Å². The highest BCUT2D eigenvalue weighted by Crippen LogP contribution is 2.31. The first-order valence-corrected chi connectivity index (χ1v) is 10.4. The molecule has 0 saturated carbocycles. The molecule has 0 radical (unpaired) electrons. The maximum atomic E-state index is 14.1. The Morgan fingerprint density at radius 1 is 1.31 bits per heavy atom. The normalized spacial score (nSPS) is 21.6. The molecule has 9 nitrogen and oxygen atoms in total. The monoisotopic (exact) mass is 448 g/mol. The van der Waals surface area contributed by atoms with Gasteiger partial charge in [0.2, 0.25) is 0 Å². The lowest BCUT2D eigenvalue weighted by Crippen LogP contribution is -2.47. The van der Waals surface area contributed by atoms with Gasteiger partial charge >= 0.3 is 5.69 Å². The van der Waals surface area contributed by atoms with Crippen molar-refractivity contribution in [2.75, 3.05) is 7.11 Å². The van der Waals surface area contributed by atoms with Gasteiger partial charge in [-0.05, 0) is 45.9 Å². The van der Waals surface area contributed by atoms with Gasteiger partial charge in [0.25, 0.3) is 5.56 Å². The van der Waals surface area contributed by atoms with Gasteiger partial charge in [-0.3, -0.25) is 13.9 Å². The smallest absolute Gasteiger partial charge is 0.331 e. The molecule has 3 rings (SSSR count). The van der Waals surface area contributed by atoms with Crippen molar-refractivity contribution in [1.82, 2.24) is 9.13 Å². The Bertz CT molecular complexity index is 1120. The van der Waals surface area contributed by atoms with Crippen LogP contribution in [0.25, 0.3) is 0 Å². The first kappa shape index (κ1) is 23.7. The van der Waals surface area contributed by atoms with Crippen LogP contribution in [0.1, 0.15) is 44.9 Å². The number of halogens is 1. The van der Waals surface area contributed by atoms with Gasteiger partial charge in [0, 0.05) is 24.3 Å². The van der Waals surface area contributed by atoms with Crippen LogP contribution in [0.5, 0.6) is 5.75 Å². The first-order valence-electron chi connectivity index (χ1n) is 10.4. The van der Waals surface area contributed by atoms with E-state index in [-0.39, 0.29) is 24.8 Å². The molecular weight excluding hydrogens is 419 g/mol. The molecule has 1 aliphatic rings. The number of hydrogen-bond acceptors (Lipinski definition) is 7. The standard InChI is InChI=1S/C22H29FN4O5/c1-12(2)32-25-13(3)17-9-26-11-20(16-8-15(23)6-7-19(16)30-5)31-14(4)18(24)10-27(21(17)28)22(26)29/h6-9,12,14,18,20H,10-11,24H2,1-5H3/b25-13+/t14?,18-,20?/m1/s1. The number of benzene rings is 1. The molecular formula is C22H29FN4O5. The fourth-order valence-electron chi connectivity index (χ4n) is 3.50. The highest BCUT2D eigenvalue weighted by Gasteiger charge is 2.28. The quantitative estimate of drug-likeness (QED) is 0.552. The molecule has 32 heavy (non-hydrogen) atoms. The summed E-state index contributed by atoms with van der Waals surface area (Å²) in [4.78, 5) is 31.5. The van der Waals surface area contributed by atoms with Crippen molar-refractivity contribution in [2.45, 2.75) is 65.1 Å². The average molecular weight is 448 g/mol. The van der Waals surface area contributed by atoms with Gasteiger partial charge in [0.15, 0.2) is 0 Å². The van der Waals surface area contributed by atoms with Gasteiger partial charge in [-0.2, -0.15) is 0 Å². The van der Waals surface area contributed by atoms with Crippen LogP contribution in [0.15, 0.2) is 39.1 Å². The second-order valence-electron chi connectivity index (χ2n) is 8.10. The Balaban J connectivity index is 2.18. The SMILES string of the molecule is COc1ccc(F)cc1C1Cn2cc(/C(C)=N/OC(C)C)c(=O)n(c2=O)C[C@@H](N)C(C)O1. The topological polar surface area (TPSA) is 110 Å². The maximum Gasteiger partial charge on any atom is 0.331 e. The van der Waals surface area contributed by atoms with Crippen LogP contribution in [0.3, 0.4) is 0 Å². The molecule has 2 bridgehead atoms. The van der Waals surface area contributed by atoms with Crippen LogP contribution in [-0.2, 0) is 22.7 Å². The predicted molar refractivity (Wildman–Crippen MR) is 118 cm³/mol. The van der Waals surface area contributed by atoms with Crippen molar-refractivity contribution in [3.05, 3.63) is 62.2 Å². The minimum absolute atomic E-state index is 0.0152. The summed E-state index contributed by atoms with van der Waals surface area (Å²) in [6, 6.07) is 3.44. The van der Waals surface area contributed by atoms with E-state index in [2.05, 4.69) is 5.16 Å². The number of hydrogen-bond donors (Lipinski definition) is 1. The molecule has 2 unspecified atom stereocenters. The van der Waals surface area contributed by atoms with Gasteiger partial charge in [-0.15, -0.1) is 0 Å². The number of ether oxygens (including phenoxy) is 2. The molecule has 0 spiro atoms. The molecule has 2 aromatic rings. The molecule has 2 N–H and O–H groups in total. The summed E-state index contributed by atoms with van der Waals surface area (Å²) < 4.78 is 28.0. The zero-order valence-electron chi connectivity index (χ0n) is 18.9. The molecule has 0 saturated heterocycles. The zero-order chi connectivity index (χ0) is 23.6. The third kappa shape index (κ3) is 4.91. The summed E-state index contributed by atoms with van der Waals surface area (Å²) in [5, 5.41) is 4.01. The van der Waals surface area contributed by atoms with E-state index >= 15 is 0 Å². The van der Waals surface area contributed by atoms with Gasteiger partial charge < -0.3 is 20.0 Å². The van der Waals surface area contributed by atoms with E-state index in [0.29, 0.717) is 17.0 Å². The van der Waals surface area contributed by atoms with E-state index < -0.39 is 35.3 Å². The van der Waals surface area contributed by atoms with Crippen LogP contribution in [0, 0.1) is 5.82 Å². The van der Waals surface area contributed by atoms with E-state index in [1.54, 1.807) is 13.8 Å². The summed E-state index contributed by atoms with van der Waals surface area (Å²) in [6.45, 7) is 6.98. The maximum absolute atomic E-state index is 14.1. The molecule has 1 aromatic heterocycles. The minimum atomic E-state index is -0.750. The largest absolute Gasteiger partial charge is 0.496 e. The molecule has 2 heterocycles. The zero-order valence-corrected chi connectivity index (χ0v) is 18.9. The van der Waals surface area contributed by atoms with Crippen LogP contribution < -0.4 is 21.7 Å². The second kappa shape index (κ2) is 9.66. The van der Waals surface area contributed by atoms with Crippen LogP contribution in [0.2, 0.25) is 0 Å². The molecule has 10 heteroatoms. The van der Waals surface area contributed by atoms with E-state index in [1.165, 1.54) is 36.1 Å². The lowest BCUT2D eigenvalue weighted by atomic mass is 10.1. The summed E-state index contributed by atoms with van der Waals surface area (Å²) in [7, 11) is 1.47. The van der Waals surface area contributed by atoms with Gasteiger partial charge in [-0.25, -0.2) is 9.18 Å². The highest BCUT2D eigenvalue weighted by molar-refractivity contribution is 5.97. The summed E-state index contributed by atoms with van der Waals surface area (Å²) in [6.07, 6.45) is -0.0300. The minimum Gasteiger partial charge on any atom is -0.496 e. The lowest BCUT2D eigenvalue weighted by Gasteiger charge is -2.26. The van der Waals surface area contributed by atoms with Crippen molar-refractivity contribution in [1.29, 1.82) is 0 Å². The predicted octanol–water partition coefficient (Wildman–Crippen LogP) is 1.79. The van der Waals surface area contributed by atoms with E-state index in [0.717, 1.165) is 4.57 Å². The molecule has 3 atom stereocenters. The summed E-state index contributed by atoms with van der Waals surface area (Å²) >= 11 is 0. The lowest BCUT2D eigenvalue weighted by molar-refractivity contribution is -0.0260. The number of rotatable bonds is 5. The first-order chi connectivity index (χ1) is 15.1. The number of methoxy groups -OCH3 is 1. The molecule has 0 aliphatic carbocycles. The third-order valence-electron chi connectivity index (χ3n) is 5.30. The Labute approximate surface area is 185 Å². The van der Waals surface area contributed by atoms with Crippen LogP contribution in [0.4, 0.5) is 4.39 Å². The third-order valence-corrected chi connectivity index (χ3v) is 5.30. The van der Waals surface area contributed by atoms with E-state index in [4.69, 9.17) is 20.0 Å². The van der Waals surface area contributed by atoms with Crippen molar-refractivity contribution in [3.63, 3.8) is 0 Å². The summed E-state index contributed by atoms with van der Waals surface area (Å²) in [5.74, 6) is -0.0471. The number of oxime groups is 1. The summed E-state index contributed by atoms with van der Waals surface area (Å²) in [5.41, 5.74) is 6.19. The fourth-order valence-corrected chi connectivity index (χ4v) is 3.50. The molecule has 1 aromatic carbocycles. The molecule has 1 aliphatic heterocycles. The van der Waals surface area contributed by atoms with Crippen molar-refractivity contribution in [3.8, 4) is 5.75 Å². The number of nitrogens with two attached hydrogens (primary N) is 1. The molecule has 0 fully saturated rings. The van der Waals surface area contributed by atoms with E-state index in [9.17, 15) is 14.0 Å². The second-order valence-corrected chi connectivity index (χ2v) is 8.10.